The second kappa shape index (κ2) is 4.99. The Morgan fingerprint density at radius 3 is 2.85 bits per heavy atom. The van der Waals surface area contributed by atoms with Crippen LogP contribution < -0.4 is 5.73 Å². The largest absolute Gasteiger partial charge is 0.382 e. The summed E-state index contributed by atoms with van der Waals surface area (Å²) >= 11 is 0. The van der Waals surface area contributed by atoms with Gasteiger partial charge in [0.25, 0.3) is 0 Å². The SMILES string of the molecule is Cn1ccnc1CN(C(=O)Cn1ccc(N)n1)C1CC1. The van der Waals surface area contributed by atoms with E-state index in [1.165, 1.54) is 0 Å². The number of nitrogen functional groups attached to an aromatic ring is 1. The third-order valence-corrected chi connectivity index (χ3v) is 3.50. The highest BCUT2D eigenvalue weighted by molar-refractivity contribution is 5.76. The molecule has 7 heteroatoms. The van der Waals surface area contributed by atoms with E-state index in [0.29, 0.717) is 18.4 Å². The normalized spacial score (nSPS) is 14.4. The molecule has 0 radical (unpaired) electrons. The lowest BCUT2D eigenvalue weighted by atomic mass is 10.4. The van der Waals surface area contributed by atoms with Gasteiger partial charge in [-0.05, 0) is 18.9 Å². The maximum absolute atomic E-state index is 12.4. The molecular weight excluding hydrogens is 256 g/mol. The Morgan fingerprint density at radius 2 is 2.30 bits per heavy atom. The summed E-state index contributed by atoms with van der Waals surface area (Å²) in [5.41, 5.74) is 5.56. The van der Waals surface area contributed by atoms with Crippen LogP contribution in [0.2, 0.25) is 0 Å². The van der Waals surface area contributed by atoms with E-state index in [4.69, 9.17) is 5.73 Å². The zero-order chi connectivity index (χ0) is 14.1. The van der Waals surface area contributed by atoms with Gasteiger partial charge in [0.05, 0.1) is 6.54 Å². The fourth-order valence-electron chi connectivity index (χ4n) is 2.20. The zero-order valence-corrected chi connectivity index (χ0v) is 11.4. The number of anilines is 1. The van der Waals surface area contributed by atoms with E-state index in [1.54, 1.807) is 23.1 Å². The van der Waals surface area contributed by atoms with E-state index in [-0.39, 0.29) is 12.5 Å². The predicted octanol–water partition coefficient (Wildman–Crippen LogP) is 0.390. The van der Waals surface area contributed by atoms with Crippen molar-refractivity contribution in [1.82, 2.24) is 24.2 Å². The first-order chi connectivity index (χ1) is 9.63. The van der Waals surface area contributed by atoms with Crippen LogP contribution in [-0.4, -0.2) is 36.2 Å². The van der Waals surface area contributed by atoms with Gasteiger partial charge >= 0.3 is 0 Å². The van der Waals surface area contributed by atoms with Gasteiger partial charge in [-0.3, -0.25) is 9.48 Å². The summed E-state index contributed by atoms with van der Waals surface area (Å²) in [6.45, 7) is 0.766. The summed E-state index contributed by atoms with van der Waals surface area (Å²) < 4.78 is 3.51. The minimum Gasteiger partial charge on any atom is -0.382 e. The molecule has 1 fully saturated rings. The summed E-state index contributed by atoms with van der Waals surface area (Å²) in [5.74, 6) is 1.38. The van der Waals surface area contributed by atoms with Crippen molar-refractivity contribution in [3.8, 4) is 0 Å². The Morgan fingerprint density at radius 1 is 1.50 bits per heavy atom. The van der Waals surface area contributed by atoms with Gasteiger partial charge in [0.1, 0.15) is 18.2 Å². The highest BCUT2D eigenvalue weighted by Crippen LogP contribution is 2.28. The maximum atomic E-state index is 12.4. The fraction of sp³-hybridized carbons (Fsp3) is 0.462. The number of amides is 1. The number of imidazole rings is 1. The van der Waals surface area contributed by atoms with E-state index in [0.717, 1.165) is 18.7 Å². The van der Waals surface area contributed by atoms with E-state index in [2.05, 4.69) is 10.1 Å². The van der Waals surface area contributed by atoms with Gasteiger partial charge in [-0.15, -0.1) is 0 Å². The van der Waals surface area contributed by atoms with Gasteiger partial charge in [-0.25, -0.2) is 4.98 Å². The summed E-state index contributed by atoms with van der Waals surface area (Å²) in [5, 5.41) is 4.05. The number of aromatic nitrogens is 4. The number of carbonyl (C=O) groups is 1. The van der Waals surface area contributed by atoms with Gasteiger partial charge in [-0.1, -0.05) is 0 Å². The van der Waals surface area contributed by atoms with Gasteiger partial charge in [0, 0.05) is 31.7 Å². The molecule has 0 unspecified atom stereocenters. The van der Waals surface area contributed by atoms with Crippen LogP contribution in [0.3, 0.4) is 0 Å². The number of hydrogen-bond donors (Lipinski definition) is 1. The van der Waals surface area contributed by atoms with Crippen molar-refractivity contribution < 1.29 is 4.79 Å². The Hall–Kier alpha value is -2.31. The maximum Gasteiger partial charge on any atom is 0.244 e. The first-order valence-electron chi connectivity index (χ1n) is 6.68. The van der Waals surface area contributed by atoms with Crippen LogP contribution in [0.4, 0.5) is 5.82 Å². The zero-order valence-electron chi connectivity index (χ0n) is 11.4. The second-order valence-electron chi connectivity index (χ2n) is 5.15. The Balaban J connectivity index is 1.70. The second-order valence-corrected chi connectivity index (χ2v) is 5.15. The summed E-state index contributed by atoms with van der Waals surface area (Å²) in [6.07, 6.45) is 7.49. The number of nitrogens with zero attached hydrogens (tertiary/aromatic N) is 5. The van der Waals surface area contributed by atoms with Crippen molar-refractivity contribution in [3.05, 3.63) is 30.5 Å². The molecule has 7 nitrogen and oxygen atoms in total. The summed E-state index contributed by atoms with van der Waals surface area (Å²) in [4.78, 5) is 18.6. The topological polar surface area (TPSA) is 82.0 Å². The number of nitrogens with two attached hydrogens (primary N) is 1. The lowest BCUT2D eigenvalue weighted by molar-refractivity contribution is -0.133. The number of carbonyl (C=O) groups excluding carboxylic acids is 1. The summed E-state index contributed by atoms with van der Waals surface area (Å²) in [6, 6.07) is 2.03. The van der Waals surface area contributed by atoms with Crippen molar-refractivity contribution in [1.29, 1.82) is 0 Å². The first kappa shape index (κ1) is 12.7. The van der Waals surface area contributed by atoms with Crippen molar-refractivity contribution in [2.24, 2.45) is 7.05 Å². The first-order valence-corrected chi connectivity index (χ1v) is 6.68. The predicted molar refractivity (Wildman–Crippen MR) is 73.4 cm³/mol. The van der Waals surface area contributed by atoms with Crippen LogP contribution >= 0.6 is 0 Å². The van der Waals surface area contributed by atoms with Crippen LogP contribution in [0.15, 0.2) is 24.7 Å². The molecule has 1 amide bonds. The monoisotopic (exact) mass is 274 g/mol. The van der Waals surface area contributed by atoms with Crippen molar-refractivity contribution in [2.75, 3.05) is 5.73 Å². The Labute approximate surface area is 117 Å². The van der Waals surface area contributed by atoms with E-state index < -0.39 is 0 Å². The molecule has 1 aliphatic carbocycles. The lowest BCUT2D eigenvalue weighted by Crippen LogP contribution is -2.36. The smallest absolute Gasteiger partial charge is 0.244 e. The van der Waals surface area contributed by atoms with Crippen molar-refractivity contribution in [3.63, 3.8) is 0 Å². The highest BCUT2D eigenvalue weighted by Gasteiger charge is 2.33. The van der Waals surface area contributed by atoms with Crippen LogP contribution in [0.5, 0.6) is 0 Å². The standard InChI is InChI=1S/C13H18N6O/c1-17-7-5-15-12(17)8-19(10-2-3-10)13(20)9-18-6-4-11(14)16-18/h4-7,10H,2-3,8-9H2,1H3,(H2,14,16). The molecule has 3 rings (SSSR count). The molecule has 2 heterocycles. The molecule has 0 aliphatic heterocycles. The van der Waals surface area contributed by atoms with Crippen LogP contribution in [0, 0.1) is 0 Å². The molecule has 0 atom stereocenters. The minimum absolute atomic E-state index is 0.0543. The van der Waals surface area contributed by atoms with E-state index in [1.807, 2.05) is 22.7 Å². The number of hydrogen-bond acceptors (Lipinski definition) is 4. The molecule has 0 spiro atoms. The third kappa shape index (κ3) is 2.66. The molecule has 0 aromatic carbocycles. The lowest BCUT2D eigenvalue weighted by Gasteiger charge is -2.22. The van der Waals surface area contributed by atoms with Gasteiger partial charge < -0.3 is 15.2 Å². The van der Waals surface area contributed by atoms with Crippen LogP contribution in [-0.2, 0) is 24.9 Å². The summed E-state index contributed by atoms with van der Waals surface area (Å²) in [7, 11) is 1.94. The molecule has 0 saturated heterocycles. The van der Waals surface area contributed by atoms with E-state index in [9.17, 15) is 4.79 Å². The number of aryl methyl sites for hydroxylation is 1. The molecular formula is C13H18N6O. The van der Waals surface area contributed by atoms with Gasteiger partial charge in [0.15, 0.2) is 0 Å². The molecule has 1 aliphatic rings. The molecule has 2 N–H and O–H groups in total. The Bertz CT molecular complexity index is 612. The third-order valence-electron chi connectivity index (χ3n) is 3.50. The van der Waals surface area contributed by atoms with Crippen LogP contribution in [0.25, 0.3) is 0 Å². The molecule has 2 aromatic rings. The molecule has 20 heavy (non-hydrogen) atoms. The van der Waals surface area contributed by atoms with Crippen molar-refractivity contribution >= 4 is 11.7 Å². The molecule has 2 aromatic heterocycles. The minimum atomic E-state index is 0.0543. The van der Waals surface area contributed by atoms with Crippen LogP contribution in [0.1, 0.15) is 18.7 Å². The van der Waals surface area contributed by atoms with Gasteiger partial charge in [0.2, 0.25) is 5.91 Å². The average Bonchev–Trinajstić information content (AvgIpc) is 3.05. The Kier molecular flexibility index (Phi) is 3.17. The molecule has 1 saturated carbocycles. The molecule has 106 valence electrons. The molecule has 0 bridgehead atoms. The van der Waals surface area contributed by atoms with Crippen molar-refractivity contribution in [2.45, 2.75) is 32.0 Å². The number of rotatable bonds is 5. The van der Waals surface area contributed by atoms with E-state index >= 15 is 0 Å². The average molecular weight is 274 g/mol. The highest BCUT2D eigenvalue weighted by atomic mass is 16.2. The van der Waals surface area contributed by atoms with Gasteiger partial charge in [-0.2, -0.15) is 5.10 Å². The fourth-order valence-corrected chi connectivity index (χ4v) is 2.20. The quantitative estimate of drug-likeness (QED) is 0.855.